The van der Waals surface area contributed by atoms with Crippen LogP contribution in [-0.4, -0.2) is 47.2 Å². The van der Waals surface area contributed by atoms with E-state index in [9.17, 15) is 18.5 Å². The van der Waals surface area contributed by atoms with Crippen molar-refractivity contribution >= 4 is 33.0 Å². The van der Waals surface area contributed by atoms with Crippen molar-refractivity contribution < 1.29 is 13.3 Å². The second-order valence-corrected chi connectivity index (χ2v) is 8.13. The molecular weight excluding hydrogens is 396 g/mol. The minimum atomic E-state index is -3.57. The van der Waals surface area contributed by atoms with Gasteiger partial charge in [-0.15, -0.1) is 0 Å². The summed E-state index contributed by atoms with van der Waals surface area (Å²) in [4.78, 5) is 19.1. The van der Waals surface area contributed by atoms with E-state index in [1.807, 2.05) is 6.92 Å². The van der Waals surface area contributed by atoms with Gasteiger partial charge in [0, 0.05) is 25.3 Å². The van der Waals surface area contributed by atoms with Gasteiger partial charge in [0.25, 0.3) is 0 Å². The number of aromatic nitrogens is 2. The summed E-state index contributed by atoms with van der Waals surface area (Å²) in [5.41, 5.74) is 0.216. The van der Waals surface area contributed by atoms with E-state index in [0.29, 0.717) is 25.3 Å². The Hall–Kier alpha value is -2.79. The normalized spacial score (nSPS) is 11.4. The molecule has 0 atom stereocenters. The fraction of sp³-hybridized carbons (Fsp3) is 0.444. The molecule has 10 nitrogen and oxygen atoms in total. The van der Waals surface area contributed by atoms with Crippen LogP contribution in [0, 0.1) is 10.1 Å². The molecule has 0 amide bonds. The van der Waals surface area contributed by atoms with E-state index in [1.54, 1.807) is 26.0 Å². The van der Waals surface area contributed by atoms with Gasteiger partial charge in [-0.1, -0.05) is 27.2 Å². The molecule has 1 aromatic carbocycles. The van der Waals surface area contributed by atoms with Gasteiger partial charge < -0.3 is 10.6 Å². The third-order valence-corrected chi connectivity index (χ3v) is 6.35. The summed E-state index contributed by atoms with van der Waals surface area (Å²) in [6, 6.07) is 6.02. The van der Waals surface area contributed by atoms with Crippen LogP contribution in [0.1, 0.15) is 33.6 Å². The number of benzene rings is 1. The number of hydrogen-bond acceptors (Lipinski definition) is 8. The van der Waals surface area contributed by atoms with Crippen LogP contribution >= 0.6 is 0 Å². The first-order valence-corrected chi connectivity index (χ1v) is 10.9. The number of hydrogen-bond donors (Lipinski definition) is 2. The molecule has 1 heterocycles. The molecule has 0 unspecified atom stereocenters. The Labute approximate surface area is 170 Å². The number of nitro groups is 1. The summed E-state index contributed by atoms with van der Waals surface area (Å²) < 4.78 is 26.5. The Bertz CT molecular complexity index is 930. The van der Waals surface area contributed by atoms with Gasteiger partial charge in [-0.2, -0.15) is 4.31 Å². The monoisotopic (exact) mass is 422 g/mol. The smallest absolute Gasteiger partial charge is 0.353 e. The first kappa shape index (κ1) is 22.5. The minimum Gasteiger partial charge on any atom is -0.364 e. The second-order valence-electron chi connectivity index (χ2n) is 6.20. The van der Waals surface area contributed by atoms with Gasteiger partial charge in [-0.05, 0) is 30.7 Å². The van der Waals surface area contributed by atoms with Crippen LogP contribution in [0.2, 0.25) is 0 Å². The zero-order valence-electron chi connectivity index (χ0n) is 16.8. The summed E-state index contributed by atoms with van der Waals surface area (Å²) in [5, 5.41) is 17.4. The number of anilines is 3. The summed E-state index contributed by atoms with van der Waals surface area (Å²) in [7, 11) is -3.57. The van der Waals surface area contributed by atoms with Gasteiger partial charge in [-0.25, -0.2) is 18.4 Å². The quantitative estimate of drug-likeness (QED) is 0.320. The summed E-state index contributed by atoms with van der Waals surface area (Å²) >= 11 is 0. The highest BCUT2D eigenvalue weighted by Gasteiger charge is 2.24. The Morgan fingerprint density at radius 2 is 1.69 bits per heavy atom. The average molecular weight is 423 g/mol. The first-order valence-electron chi connectivity index (χ1n) is 9.45. The molecule has 0 bridgehead atoms. The molecule has 158 valence electrons. The molecule has 0 aliphatic heterocycles. The lowest BCUT2D eigenvalue weighted by Gasteiger charge is -2.18. The van der Waals surface area contributed by atoms with Crippen molar-refractivity contribution in [3.8, 4) is 0 Å². The van der Waals surface area contributed by atoms with E-state index >= 15 is 0 Å². The molecule has 2 rings (SSSR count). The fourth-order valence-corrected chi connectivity index (χ4v) is 4.17. The number of rotatable bonds is 11. The average Bonchev–Trinajstić information content (AvgIpc) is 2.69. The van der Waals surface area contributed by atoms with Crippen LogP contribution < -0.4 is 10.6 Å². The number of sulfonamides is 1. The maximum Gasteiger partial charge on any atom is 0.353 e. The highest BCUT2D eigenvalue weighted by molar-refractivity contribution is 7.89. The van der Waals surface area contributed by atoms with Crippen molar-refractivity contribution in [2.75, 3.05) is 30.3 Å². The van der Waals surface area contributed by atoms with Gasteiger partial charge in [-0.3, -0.25) is 10.1 Å². The minimum absolute atomic E-state index is 0.0309. The summed E-state index contributed by atoms with van der Waals surface area (Å²) in [6.45, 7) is 6.88. The molecule has 0 spiro atoms. The Kier molecular flexibility index (Phi) is 7.85. The van der Waals surface area contributed by atoms with E-state index in [4.69, 9.17) is 0 Å². The van der Waals surface area contributed by atoms with Gasteiger partial charge in [0.15, 0.2) is 0 Å². The van der Waals surface area contributed by atoms with Crippen molar-refractivity contribution in [2.45, 2.75) is 38.5 Å². The molecular formula is C18H26N6O4S. The molecule has 29 heavy (non-hydrogen) atoms. The van der Waals surface area contributed by atoms with Crippen LogP contribution in [0.15, 0.2) is 35.5 Å². The molecule has 2 N–H and O–H groups in total. The molecule has 0 saturated carbocycles. The Morgan fingerprint density at radius 1 is 1.07 bits per heavy atom. The number of unbranched alkanes of at least 4 members (excludes halogenated alkanes) is 1. The summed E-state index contributed by atoms with van der Waals surface area (Å²) in [5.74, 6) is 0.171. The van der Waals surface area contributed by atoms with Crippen LogP contribution in [0.25, 0.3) is 0 Å². The second kappa shape index (κ2) is 10.1. The third-order valence-electron chi connectivity index (χ3n) is 4.29. The SMILES string of the molecule is CCCCNc1ncnc(Nc2ccc(S(=O)(=O)N(CC)CC)cc2)c1[N+](=O)[O-]. The van der Waals surface area contributed by atoms with E-state index < -0.39 is 14.9 Å². The van der Waals surface area contributed by atoms with E-state index in [2.05, 4.69) is 20.6 Å². The van der Waals surface area contributed by atoms with Crippen LogP contribution in [-0.2, 0) is 10.0 Å². The summed E-state index contributed by atoms with van der Waals surface area (Å²) in [6.07, 6.45) is 3.04. The zero-order chi connectivity index (χ0) is 21.4. The maximum absolute atomic E-state index is 12.6. The van der Waals surface area contributed by atoms with E-state index in [1.165, 1.54) is 22.8 Å². The van der Waals surface area contributed by atoms with Crippen molar-refractivity contribution in [2.24, 2.45) is 0 Å². The molecule has 0 radical (unpaired) electrons. The zero-order valence-corrected chi connectivity index (χ0v) is 17.6. The van der Waals surface area contributed by atoms with Gasteiger partial charge >= 0.3 is 5.69 Å². The molecule has 0 aliphatic carbocycles. The maximum atomic E-state index is 12.6. The third kappa shape index (κ3) is 5.39. The van der Waals surface area contributed by atoms with Crippen molar-refractivity contribution in [3.05, 3.63) is 40.7 Å². The molecule has 0 saturated heterocycles. The van der Waals surface area contributed by atoms with Crippen LogP contribution in [0.3, 0.4) is 0 Å². The van der Waals surface area contributed by atoms with Crippen molar-refractivity contribution in [1.29, 1.82) is 0 Å². The van der Waals surface area contributed by atoms with Gasteiger partial charge in [0.05, 0.1) is 9.82 Å². The Morgan fingerprint density at radius 3 is 2.24 bits per heavy atom. The Balaban J connectivity index is 2.28. The first-order chi connectivity index (χ1) is 13.8. The fourth-order valence-electron chi connectivity index (χ4n) is 2.72. The largest absolute Gasteiger partial charge is 0.364 e. The van der Waals surface area contributed by atoms with E-state index in [0.717, 1.165) is 12.8 Å². The van der Waals surface area contributed by atoms with Gasteiger partial charge in [0.1, 0.15) is 6.33 Å². The highest BCUT2D eigenvalue weighted by Crippen LogP contribution is 2.31. The molecule has 1 aromatic heterocycles. The topological polar surface area (TPSA) is 130 Å². The van der Waals surface area contributed by atoms with Crippen molar-refractivity contribution in [3.63, 3.8) is 0 Å². The van der Waals surface area contributed by atoms with Crippen LogP contribution in [0.5, 0.6) is 0 Å². The standard InChI is InChI=1S/C18H26N6O4S/c1-4-7-12-19-17-16(24(25)26)18(21-13-20-17)22-14-8-10-15(11-9-14)29(27,28)23(5-2)6-3/h8-11,13H,4-7,12H2,1-3H3,(H2,19,20,21,22). The lowest BCUT2D eigenvalue weighted by Crippen LogP contribution is -2.30. The number of nitrogens with zero attached hydrogens (tertiary/aromatic N) is 4. The lowest BCUT2D eigenvalue weighted by atomic mass is 10.3. The molecule has 0 fully saturated rings. The highest BCUT2D eigenvalue weighted by atomic mass is 32.2. The van der Waals surface area contributed by atoms with E-state index in [-0.39, 0.29) is 22.2 Å². The molecule has 0 aliphatic rings. The van der Waals surface area contributed by atoms with Crippen LogP contribution in [0.4, 0.5) is 23.0 Å². The lowest BCUT2D eigenvalue weighted by molar-refractivity contribution is -0.383. The molecule has 11 heteroatoms. The van der Waals surface area contributed by atoms with Crippen molar-refractivity contribution in [1.82, 2.24) is 14.3 Å². The predicted octanol–water partition coefficient (Wildman–Crippen LogP) is 3.37. The van der Waals surface area contributed by atoms with Gasteiger partial charge in [0.2, 0.25) is 21.7 Å². The molecule has 2 aromatic rings. The number of nitrogens with one attached hydrogen (secondary N) is 2. The predicted molar refractivity (Wildman–Crippen MR) is 112 cm³/mol.